The number of carbonyl (C=O) groups excluding carboxylic acids is 2. The van der Waals surface area contributed by atoms with E-state index in [1.165, 1.54) is 0 Å². The maximum atomic E-state index is 12.3. The third-order valence-electron chi connectivity index (χ3n) is 5.31. The summed E-state index contributed by atoms with van der Waals surface area (Å²) in [5.41, 5.74) is 5.59. The Hall–Kier alpha value is -2.84. The van der Waals surface area contributed by atoms with Crippen LogP contribution in [0.4, 0.5) is 16.4 Å². The van der Waals surface area contributed by atoms with Crippen LogP contribution < -0.4 is 16.0 Å². The van der Waals surface area contributed by atoms with Crippen molar-refractivity contribution in [3.05, 3.63) is 24.5 Å². The van der Waals surface area contributed by atoms with E-state index < -0.39 is 5.91 Å². The summed E-state index contributed by atoms with van der Waals surface area (Å²) in [5.74, 6) is 0.455. The molecule has 2 fully saturated rings. The van der Waals surface area contributed by atoms with Crippen LogP contribution in [0.15, 0.2) is 18.9 Å². The first-order valence-electron chi connectivity index (χ1n) is 9.71. The third-order valence-corrected chi connectivity index (χ3v) is 5.31. The Morgan fingerprint density at radius 3 is 2.89 bits per heavy atom. The Morgan fingerprint density at radius 1 is 1.46 bits per heavy atom. The van der Waals surface area contributed by atoms with E-state index >= 15 is 0 Å². The van der Waals surface area contributed by atoms with E-state index in [0.29, 0.717) is 18.2 Å². The zero-order valence-corrected chi connectivity index (χ0v) is 16.6. The second-order valence-electron chi connectivity index (χ2n) is 7.50. The number of likely N-dealkylation sites (N-methyl/N-ethyl adjacent to an activating group) is 1. The monoisotopic (exact) mass is 387 g/mol. The van der Waals surface area contributed by atoms with Crippen molar-refractivity contribution in [1.82, 2.24) is 19.8 Å². The predicted molar refractivity (Wildman–Crippen MR) is 108 cm³/mol. The molecule has 0 radical (unpaired) electrons. The number of hydrogen-bond acceptors (Lipinski definition) is 6. The maximum Gasteiger partial charge on any atom is 0.320 e. The molecule has 1 aromatic heterocycles. The Balaban J connectivity index is 1.79. The third kappa shape index (κ3) is 4.18. The Kier molecular flexibility index (Phi) is 6.01. The molecule has 3 N–H and O–H groups in total. The fraction of sp³-hybridized carbons (Fsp3) is 0.579. The smallest absolute Gasteiger partial charge is 0.320 e. The van der Waals surface area contributed by atoms with E-state index in [-0.39, 0.29) is 23.8 Å². The molecule has 3 rings (SSSR count). The summed E-state index contributed by atoms with van der Waals surface area (Å²) in [5, 5.41) is 3.21. The summed E-state index contributed by atoms with van der Waals surface area (Å²) in [6.45, 7) is 8.77. The van der Waals surface area contributed by atoms with E-state index in [9.17, 15) is 9.59 Å². The van der Waals surface area contributed by atoms with Crippen LogP contribution in [0.3, 0.4) is 0 Å². The van der Waals surface area contributed by atoms with Gasteiger partial charge >= 0.3 is 6.03 Å². The number of carbonyl (C=O) groups is 2. The Bertz CT molecular complexity index is 754. The Labute approximate surface area is 165 Å². The zero-order chi connectivity index (χ0) is 20.3. The van der Waals surface area contributed by atoms with Crippen molar-refractivity contribution in [3.63, 3.8) is 0 Å². The highest BCUT2D eigenvalue weighted by atomic mass is 16.2. The van der Waals surface area contributed by atoms with Crippen LogP contribution in [0.25, 0.3) is 0 Å². The molecule has 3 amide bonds. The van der Waals surface area contributed by atoms with Crippen molar-refractivity contribution >= 4 is 23.6 Å². The van der Waals surface area contributed by atoms with Gasteiger partial charge in [-0.1, -0.05) is 6.08 Å². The second-order valence-corrected chi connectivity index (χ2v) is 7.50. The van der Waals surface area contributed by atoms with Gasteiger partial charge < -0.3 is 25.8 Å². The lowest BCUT2D eigenvalue weighted by Crippen LogP contribution is -2.49. The van der Waals surface area contributed by atoms with Crippen LogP contribution in [0.5, 0.6) is 0 Å². The van der Waals surface area contributed by atoms with Gasteiger partial charge in [0, 0.05) is 39.3 Å². The van der Waals surface area contributed by atoms with Crippen molar-refractivity contribution in [2.24, 2.45) is 5.73 Å². The molecule has 0 aromatic carbocycles. The molecular weight excluding hydrogens is 358 g/mol. The fourth-order valence-corrected chi connectivity index (χ4v) is 3.78. The minimum Gasteiger partial charge on any atom is -0.365 e. The molecule has 0 aliphatic carbocycles. The van der Waals surface area contributed by atoms with Crippen molar-refractivity contribution in [2.75, 3.05) is 43.4 Å². The number of hydrogen-bond donors (Lipinski definition) is 2. The van der Waals surface area contributed by atoms with E-state index in [1.807, 2.05) is 18.9 Å². The van der Waals surface area contributed by atoms with Gasteiger partial charge in [-0.3, -0.25) is 4.79 Å². The van der Waals surface area contributed by atoms with Crippen LogP contribution in [0.2, 0.25) is 0 Å². The predicted octanol–water partition coefficient (Wildman–Crippen LogP) is 1.29. The van der Waals surface area contributed by atoms with Crippen molar-refractivity contribution in [3.8, 4) is 0 Å². The molecule has 2 atom stereocenters. The summed E-state index contributed by atoms with van der Waals surface area (Å²) in [6.07, 6.45) is 6.06. The summed E-state index contributed by atoms with van der Waals surface area (Å²) in [4.78, 5) is 38.8. The van der Waals surface area contributed by atoms with E-state index in [4.69, 9.17) is 5.73 Å². The largest absolute Gasteiger partial charge is 0.365 e. The highest BCUT2D eigenvalue weighted by Gasteiger charge is 2.34. The van der Waals surface area contributed by atoms with Crippen molar-refractivity contribution in [2.45, 2.75) is 38.3 Å². The van der Waals surface area contributed by atoms with Gasteiger partial charge in [0.2, 0.25) is 0 Å². The van der Waals surface area contributed by atoms with Crippen LogP contribution in [-0.2, 0) is 0 Å². The van der Waals surface area contributed by atoms with E-state index in [2.05, 4.69) is 26.8 Å². The lowest BCUT2D eigenvalue weighted by atomic mass is 10.0. The molecule has 0 saturated carbocycles. The first-order valence-corrected chi connectivity index (χ1v) is 9.71. The zero-order valence-electron chi connectivity index (χ0n) is 16.6. The average molecular weight is 387 g/mol. The number of piperidine rings is 1. The van der Waals surface area contributed by atoms with Crippen LogP contribution in [-0.4, -0.2) is 77.0 Å². The van der Waals surface area contributed by atoms with Gasteiger partial charge in [0.15, 0.2) is 11.5 Å². The molecule has 9 nitrogen and oxygen atoms in total. The van der Waals surface area contributed by atoms with Crippen molar-refractivity contribution in [1.29, 1.82) is 0 Å². The lowest BCUT2D eigenvalue weighted by molar-refractivity contribution is 0.0996. The highest BCUT2D eigenvalue weighted by molar-refractivity contribution is 5.95. The number of nitrogens with two attached hydrogens (primary N) is 1. The number of amides is 3. The summed E-state index contributed by atoms with van der Waals surface area (Å²) in [6, 6.07) is 0.287. The normalized spacial score (nSPS) is 21.0. The molecule has 2 aliphatic rings. The first kappa shape index (κ1) is 19.9. The van der Waals surface area contributed by atoms with Gasteiger partial charge in [0.1, 0.15) is 5.82 Å². The quantitative estimate of drug-likeness (QED) is 0.683. The molecule has 0 spiro atoms. The van der Waals surface area contributed by atoms with Crippen LogP contribution in [0, 0.1) is 0 Å². The van der Waals surface area contributed by atoms with Crippen LogP contribution >= 0.6 is 0 Å². The molecule has 152 valence electrons. The second kappa shape index (κ2) is 8.45. The number of aromatic nitrogens is 2. The molecule has 0 bridgehead atoms. The molecule has 2 saturated heterocycles. The van der Waals surface area contributed by atoms with Gasteiger partial charge in [-0.15, -0.1) is 6.58 Å². The minimum atomic E-state index is -0.616. The molecule has 2 aliphatic heterocycles. The van der Waals surface area contributed by atoms with Gasteiger partial charge in [-0.25, -0.2) is 14.8 Å². The number of nitrogens with zero attached hydrogens (tertiary/aromatic N) is 5. The standard InChI is InChI=1S/C19H29N7O2/c1-4-6-13(2)22-18-16(17(20)27)21-11-15(23-18)25-8-5-7-14(12-25)26-10-9-24(3)19(26)28/h4,11,13-14H,1,5-10,12H2,2-3H3,(H2,20,27)(H,22,23)/t13?,14-/m1/s1. The number of rotatable bonds is 7. The SMILES string of the molecule is C=CCC(C)Nc1nc(N2CCC[C@@H](N3CCN(C)C3=O)C2)cnc1C(N)=O. The molecule has 1 unspecified atom stereocenters. The number of urea groups is 1. The first-order chi connectivity index (χ1) is 13.4. The minimum absolute atomic E-state index is 0.0482. The summed E-state index contributed by atoms with van der Waals surface area (Å²) in [7, 11) is 1.83. The molecule has 1 aromatic rings. The van der Waals surface area contributed by atoms with E-state index in [1.54, 1.807) is 17.2 Å². The Morgan fingerprint density at radius 2 is 2.25 bits per heavy atom. The lowest BCUT2D eigenvalue weighted by Gasteiger charge is -2.37. The topological polar surface area (TPSA) is 108 Å². The molecule has 9 heteroatoms. The number of anilines is 2. The van der Waals surface area contributed by atoms with Gasteiger partial charge in [0.25, 0.3) is 5.91 Å². The summed E-state index contributed by atoms with van der Waals surface area (Å²) >= 11 is 0. The van der Waals surface area contributed by atoms with Crippen LogP contribution in [0.1, 0.15) is 36.7 Å². The van der Waals surface area contributed by atoms with Gasteiger partial charge in [-0.2, -0.15) is 0 Å². The van der Waals surface area contributed by atoms with Gasteiger partial charge in [-0.05, 0) is 26.2 Å². The fourth-order valence-electron chi connectivity index (χ4n) is 3.78. The molecular formula is C19H29N7O2. The van der Waals surface area contributed by atoms with Gasteiger partial charge in [0.05, 0.1) is 12.2 Å². The number of primary amides is 1. The maximum absolute atomic E-state index is 12.3. The molecule has 28 heavy (non-hydrogen) atoms. The highest BCUT2D eigenvalue weighted by Crippen LogP contribution is 2.25. The number of nitrogens with one attached hydrogen (secondary N) is 1. The van der Waals surface area contributed by atoms with Crippen molar-refractivity contribution < 1.29 is 9.59 Å². The molecule has 3 heterocycles. The average Bonchev–Trinajstić information content (AvgIpc) is 3.00. The summed E-state index contributed by atoms with van der Waals surface area (Å²) < 4.78 is 0. The van der Waals surface area contributed by atoms with E-state index in [0.717, 1.165) is 38.9 Å².